The van der Waals surface area contributed by atoms with Crippen molar-refractivity contribution in [1.82, 2.24) is 5.32 Å². The summed E-state index contributed by atoms with van der Waals surface area (Å²) in [5.74, 6) is 1.94. The molecule has 0 spiro atoms. The minimum Gasteiger partial charge on any atom is -0.497 e. The molecule has 0 atom stereocenters. The second-order valence-corrected chi connectivity index (χ2v) is 7.47. The van der Waals surface area contributed by atoms with Crippen molar-refractivity contribution in [2.45, 2.75) is 26.3 Å². The molecule has 0 saturated heterocycles. The Labute approximate surface area is 189 Å². The fourth-order valence-corrected chi connectivity index (χ4v) is 3.48. The minimum atomic E-state index is -0.190. The summed E-state index contributed by atoms with van der Waals surface area (Å²) in [6.07, 6.45) is 5.15. The van der Waals surface area contributed by atoms with Crippen molar-refractivity contribution < 1.29 is 19.0 Å². The maximum Gasteiger partial charge on any atom is 0.253 e. The highest BCUT2D eigenvalue weighted by atomic mass is 16.5. The smallest absolute Gasteiger partial charge is 0.253 e. The van der Waals surface area contributed by atoms with Crippen LogP contribution < -0.4 is 20.5 Å². The summed E-state index contributed by atoms with van der Waals surface area (Å²) >= 11 is 0. The fraction of sp³-hybridized carbons (Fsp3) is 0.269. The number of carbonyl (C=O) groups is 1. The van der Waals surface area contributed by atoms with E-state index < -0.39 is 0 Å². The summed E-state index contributed by atoms with van der Waals surface area (Å²) in [6.45, 7) is 2.98. The monoisotopic (exact) mass is 434 g/mol. The Morgan fingerprint density at radius 3 is 2.47 bits per heavy atom. The molecule has 168 valence electrons. The maximum absolute atomic E-state index is 12.8. The fourth-order valence-electron chi connectivity index (χ4n) is 3.48. The maximum atomic E-state index is 12.8. The Kier molecular flexibility index (Phi) is 8.11. The van der Waals surface area contributed by atoms with Gasteiger partial charge in [0.15, 0.2) is 0 Å². The molecule has 32 heavy (non-hydrogen) atoms. The van der Waals surface area contributed by atoms with Crippen molar-refractivity contribution in [2.75, 3.05) is 20.8 Å². The summed E-state index contributed by atoms with van der Waals surface area (Å²) in [4.78, 5) is 12.8. The van der Waals surface area contributed by atoms with Gasteiger partial charge >= 0.3 is 0 Å². The highest BCUT2D eigenvalue weighted by molar-refractivity contribution is 5.97. The third-order valence-electron chi connectivity index (χ3n) is 5.28. The van der Waals surface area contributed by atoms with Gasteiger partial charge in [-0.2, -0.15) is 0 Å². The van der Waals surface area contributed by atoms with Crippen molar-refractivity contribution in [3.05, 3.63) is 88.7 Å². The Morgan fingerprint density at radius 2 is 1.78 bits per heavy atom. The van der Waals surface area contributed by atoms with Gasteiger partial charge in [-0.3, -0.25) is 4.79 Å². The molecule has 0 heterocycles. The summed E-state index contributed by atoms with van der Waals surface area (Å²) in [5.41, 5.74) is 10.6. The molecule has 0 bridgehead atoms. The highest BCUT2D eigenvalue weighted by Gasteiger charge is 2.16. The molecular weight excluding hydrogens is 404 g/mol. The molecule has 0 saturated carbocycles. The number of nitrogens with two attached hydrogens (primary N) is 1. The largest absolute Gasteiger partial charge is 0.497 e. The van der Waals surface area contributed by atoms with Crippen LogP contribution in [0.25, 0.3) is 0 Å². The lowest BCUT2D eigenvalue weighted by Crippen LogP contribution is -2.26. The van der Waals surface area contributed by atoms with Gasteiger partial charge < -0.3 is 25.3 Å². The molecule has 1 aliphatic rings. The van der Waals surface area contributed by atoms with Crippen LogP contribution in [0.15, 0.2) is 83.1 Å². The molecule has 3 rings (SSSR count). The topological polar surface area (TPSA) is 82.8 Å². The minimum absolute atomic E-state index is 0.190. The zero-order valence-electron chi connectivity index (χ0n) is 18.8. The summed E-state index contributed by atoms with van der Waals surface area (Å²) in [7, 11) is 3.28. The molecule has 2 aromatic carbocycles. The number of benzene rings is 2. The first kappa shape index (κ1) is 23.2. The zero-order chi connectivity index (χ0) is 22.9. The molecular formula is C26H30N2O4. The van der Waals surface area contributed by atoms with Crippen LogP contribution in [0.1, 0.15) is 25.3 Å². The Bertz CT molecular complexity index is 1040. The molecule has 0 unspecified atom stereocenters. The molecule has 6 nitrogen and oxygen atoms in total. The van der Waals surface area contributed by atoms with E-state index in [1.807, 2.05) is 54.6 Å². The number of hydrogen-bond donors (Lipinski definition) is 2. The van der Waals surface area contributed by atoms with Crippen LogP contribution >= 0.6 is 0 Å². The Morgan fingerprint density at radius 1 is 1.03 bits per heavy atom. The predicted molar refractivity (Wildman–Crippen MR) is 126 cm³/mol. The first-order valence-electron chi connectivity index (χ1n) is 10.6. The number of carbonyl (C=O) groups excluding carboxylic acids is 1. The summed E-state index contributed by atoms with van der Waals surface area (Å²) < 4.78 is 16.4. The first-order chi connectivity index (χ1) is 15.5. The molecule has 0 aliphatic heterocycles. The van der Waals surface area contributed by atoms with E-state index in [2.05, 4.69) is 12.2 Å². The number of ether oxygens (including phenoxy) is 3. The number of rotatable bonds is 9. The van der Waals surface area contributed by atoms with Gasteiger partial charge in [-0.1, -0.05) is 36.8 Å². The van der Waals surface area contributed by atoms with E-state index in [1.165, 1.54) is 5.57 Å². The van der Waals surface area contributed by atoms with E-state index >= 15 is 0 Å². The van der Waals surface area contributed by atoms with Crippen LogP contribution in [0.3, 0.4) is 0 Å². The molecule has 2 aromatic rings. The van der Waals surface area contributed by atoms with E-state index in [9.17, 15) is 4.79 Å². The van der Waals surface area contributed by atoms with E-state index in [0.29, 0.717) is 42.3 Å². The number of methoxy groups -OCH3 is 2. The van der Waals surface area contributed by atoms with Crippen LogP contribution in [0.2, 0.25) is 0 Å². The lowest BCUT2D eigenvalue weighted by atomic mass is 10.0. The molecule has 1 aliphatic carbocycles. The van der Waals surface area contributed by atoms with Gasteiger partial charge in [0.05, 0.1) is 19.3 Å². The number of nitrogens with one attached hydrogen (secondary N) is 1. The van der Waals surface area contributed by atoms with Crippen LogP contribution in [-0.4, -0.2) is 26.7 Å². The van der Waals surface area contributed by atoms with Crippen LogP contribution in [-0.2, 0) is 16.1 Å². The van der Waals surface area contributed by atoms with E-state index in [0.717, 1.165) is 23.3 Å². The van der Waals surface area contributed by atoms with Crippen LogP contribution in [0.5, 0.6) is 17.2 Å². The number of hydrogen-bond acceptors (Lipinski definition) is 5. The van der Waals surface area contributed by atoms with Crippen LogP contribution in [0.4, 0.5) is 0 Å². The van der Waals surface area contributed by atoms with E-state index in [1.54, 1.807) is 20.3 Å². The van der Waals surface area contributed by atoms with Gasteiger partial charge in [0.25, 0.3) is 5.91 Å². The van der Waals surface area contributed by atoms with Crippen molar-refractivity contribution in [1.29, 1.82) is 0 Å². The molecule has 0 fully saturated rings. The molecule has 1 amide bonds. The second-order valence-electron chi connectivity index (χ2n) is 7.47. The van der Waals surface area contributed by atoms with Crippen molar-refractivity contribution in [3.63, 3.8) is 0 Å². The third kappa shape index (κ3) is 6.02. The molecule has 0 aromatic heterocycles. The Balaban J connectivity index is 1.60. The van der Waals surface area contributed by atoms with Gasteiger partial charge in [0.2, 0.25) is 0 Å². The van der Waals surface area contributed by atoms with E-state index in [-0.39, 0.29) is 5.91 Å². The predicted octanol–water partition coefficient (Wildman–Crippen LogP) is 4.63. The first-order valence-corrected chi connectivity index (χ1v) is 10.6. The van der Waals surface area contributed by atoms with Crippen LogP contribution in [0, 0.1) is 0 Å². The van der Waals surface area contributed by atoms with E-state index in [4.69, 9.17) is 19.9 Å². The highest BCUT2D eigenvalue weighted by Crippen LogP contribution is 2.26. The van der Waals surface area contributed by atoms with Crippen molar-refractivity contribution in [2.24, 2.45) is 5.73 Å². The third-order valence-corrected chi connectivity index (χ3v) is 5.28. The second kappa shape index (κ2) is 11.2. The molecule has 6 heteroatoms. The molecule has 0 radical (unpaired) electrons. The standard InChI is InChI=1S/C26H30N2O4/c1-4-19-14-25(27)24(13-10-20(19)17-30-2)26(29)28-16-18-8-11-21(12-9-18)32-23-7-5-6-22(15-23)31-3/h5-13,15H,4,14,16-17,27H2,1-3H3,(H,28,29). The summed E-state index contributed by atoms with van der Waals surface area (Å²) in [6, 6.07) is 15.0. The van der Waals surface area contributed by atoms with Gasteiger partial charge in [0, 0.05) is 31.8 Å². The summed E-state index contributed by atoms with van der Waals surface area (Å²) in [5, 5.41) is 2.96. The number of amides is 1. The average molecular weight is 435 g/mol. The van der Waals surface area contributed by atoms with Gasteiger partial charge in [-0.15, -0.1) is 0 Å². The quantitative estimate of drug-likeness (QED) is 0.601. The average Bonchev–Trinajstić information content (AvgIpc) is 2.97. The van der Waals surface area contributed by atoms with Crippen molar-refractivity contribution >= 4 is 5.91 Å². The SMILES string of the molecule is CCC1=C(COC)C=CC(C(=O)NCc2ccc(Oc3cccc(OC)c3)cc2)=C(N)C1. The Hall–Kier alpha value is -3.51. The lowest BCUT2D eigenvalue weighted by molar-refractivity contribution is -0.117. The normalized spacial score (nSPS) is 13.7. The lowest BCUT2D eigenvalue weighted by Gasteiger charge is -2.11. The van der Waals surface area contributed by atoms with Gasteiger partial charge in [-0.05, 0) is 47.9 Å². The van der Waals surface area contributed by atoms with Gasteiger partial charge in [-0.25, -0.2) is 0 Å². The van der Waals surface area contributed by atoms with Gasteiger partial charge in [0.1, 0.15) is 17.2 Å². The van der Waals surface area contributed by atoms with Crippen molar-refractivity contribution in [3.8, 4) is 17.2 Å². The zero-order valence-corrected chi connectivity index (χ0v) is 18.8. The number of allylic oxidation sites excluding steroid dienone is 1. The molecule has 3 N–H and O–H groups in total.